The quantitative estimate of drug-likeness (QED) is 0.738. The number of aryl methyl sites for hydroxylation is 2. The van der Waals surface area contributed by atoms with Crippen LogP contribution >= 0.6 is 11.6 Å². The van der Waals surface area contributed by atoms with Crippen molar-refractivity contribution in [3.05, 3.63) is 46.0 Å². The van der Waals surface area contributed by atoms with Gasteiger partial charge in [-0.3, -0.25) is 4.79 Å². The summed E-state index contributed by atoms with van der Waals surface area (Å²) in [5.74, 6) is 0.102. The van der Waals surface area contributed by atoms with Gasteiger partial charge in [0.1, 0.15) is 5.82 Å². The van der Waals surface area contributed by atoms with Crippen LogP contribution in [0.1, 0.15) is 5.56 Å². The van der Waals surface area contributed by atoms with Gasteiger partial charge < -0.3 is 4.57 Å². The molecule has 2 nitrogen and oxygen atoms in total. The third-order valence-corrected chi connectivity index (χ3v) is 2.85. The van der Waals surface area contributed by atoms with Gasteiger partial charge in [0, 0.05) is 24.4 Å². The zero-order chi connectivity index (χ0) is 11.7. The second kappa shape index (κ2) is 4.26. The minimum absolute atomic E-state index is 0.141. The van der Waals surface area contributed by atoms with Gasteiger partial charge in [0.05, 0.1) is 5.52 Å². The smallest absolute Gasteiger partial charge is 0.251 e. The second-order valence-corrected chi connectivity index (χ2v) is 4.05. The van der Waals surface area contributed by atoms with Gasteiger partial charge in [-0.15, -0.1) is 11.6 Å². The summed E-state index contributed by atoms with van der Waals surface area (Å²) in [4.78, 5) is 11.6. The molecule has 0 N–H and O–H groups in total. The Morgan fingerprint density at radius 1 is 1.38 bits per heavy atom. The van der Waals surface area contributed by atoms with Crippen LogP contribution in [-0.4, -0.2) is 10.4 Å². The van der Waals surface area contributed by atoms with Crippen molar-refractivity contribution in [3.8, 4) is 0 Å². The molecule has 1 aromatic carbocycles. The van der Waals surface area contributed by atoms with Crippen molar-refractivity contribution < 1.29 is 4.39 Å². The fraction of sp³-hybridized carbons (Fsp3) is 0.250. The molecule has 0 radical (unpaired) electrons. The molecule has 0 aliphatic rings. The highest BCUT2D eigenvalue weighted by atomic mass is 35.5. The number of halogens is 2. The Labute approximate surface area is 97.3 Å². The van der Waals surface area contributed by atoms with Gasteiger partial charge in [0.15, 0.2) is 0 Å². The summed E-state index contributed by atoms with van der Waals surface area (Å²) in [5, 5.41) is 0.879. The zero-order valence-electron chi connectivity index (χ0n) is 8.84. The van der Waals surface area contributed by atoms with Crippen molar-refractivity contribution in [1.29, 1.82) is 0 Å². The van der Waals surface area contributed by atoms with Gasteiger partial charge in [0.25, 0.3) is 5.56 Å². The summed E-state index contributed by atoms with van der Waals surface area (Å²) in [6.07, 6.45) is 0.611. The molecule has 0 aliphatic heterocycles. The fourth-order valence-corrected chi connectivity index (χ4v) is 2.01. The van der Waals surface area contributed by atoms with E-state index in [0.29, 0.717) is 17.8 Å². The molecule has 1 heterocycles. The molecule has 2 aromatic rings. The molecule has 0 unspecified atom stereocenters. The number of benzene rings is 1. The Morgan fingerprint density at radius 3 is 2.81 bits per heavy atom. The molecule has 0 amide bonds. The molecular formula is C12H11ClFNO. The Bertz CT molecular complexity index is 591. The van der Waals surface area contributed by atoms with Crippen LogP contribution in [0.4, 0.5) is 4.39 Å². The van der Waals surface area contributed by atoms with Crippen LogP contribution in [0.2, 0.25) is 0 Å². The minimum atomic E-state index is -0.342. The number of pyridine rings is 1. The van der Waals surface area contributed by atoms with E-state index in [2.05, 4.69) is 0 Å². The Balaban J connectivity index is 2.84. The number of alkyl halides is 1. The van der Waals surface area contributed by atoms with Crippen molar-refractivity contribution in [1.82, 2.24) is 4.57 Å². The molecule has 0 saturated carbocycles. The first-order chi connectivity index (χ1) is 7.63. The van der Waals surface area contributed by atoms with Crippen molar-refractivity contribution >= 4 is 22.5 Å². The molecule has 0 bridgehead atoms. The van der Waals surface area contributed by atoms with E-state index < -0.39 is 0 Å². The molecule has 0 saturated heterocycles. The predicted octanol–water partition coefficient (Wildman–Crippen LogP) is 2.46. The Morgan fingerprint density at radius 2 is 2.12 bits per heavy atom. The van der Waals surface area contributed by atoms with E-state index in [1.165, 1.54) is 16.7 Å². The van der Waals surface area contributed by atoms with Crippen LogP contribution in [0.25, 0.3) is 10.9 Å². The lowest BCUT2D eigenvalue weighted by Crippen LogP contribution is -2.17. The Hall–Kier alpha value is -1.35. The summed E-state index contributed by atoms with van der Waals surface area (Å²) >= 11 is 5.68. The predicted molar refractivity (Wildman–Crippen MR) is 63.6 cm³/mol. The number of hydrogen-bond acceptors (Lipinski definition) is 1. The van der Waals surface area contributed by atoms with Crippen molar-refractivity contribution in [2.24, 2.45) is 7.05 Å². The summed E-state index contributed by atoms with van der Waals surface area (Å²) in [5.41, 5.74) is 1.33. The minimum Gasteiger partial charge on any atom is -0.311 e. The second-order valence-electron chi connectivity index (χ2n) is 3.67. The topological polar surface area (TPSA) is 22.0 Å². The highest BCUT2D eigenvalue weighted by molar-refractivity contribution is 6.18. The van der Waals surface area contributed by atoms with Crippen LogP contribution in [-0.2, 0) is 13.5 Å². The SMILES string of the molecule is Cn1c(=O)cc(CCCl)c2ccc(F)cc21. The maximum Gasteiger partial charge on any atom is 0.251 e. The summed E-state index contributed by atoms with van der Waals surface area (Å²) in [6, 6.07) is 6.01. The number of rotatable bonds is 2. The third-order valence-electron chi connectivity index (χ3n) is 2.66. The number of fused-ring (bicyclic) bond motifs is 1. The highest BCUT2D eigenvalue weighted by Gasteiger charge is 2.06. The molecule has 1 aromatic heterocycles. The van der Waals surface area contributed by atoms with Crippen molar-refractivity contribution in [3.63, 3.8) is 0 Å². The first-order valence-corrected chi connectivity index (χ1v) is 5.51. The van der Waals surface area contributed by atoms with Gasteiger partial charge in [0.2, 0.25) is 0 Å². The standard InChI is InChI=1S/C12H11ClFNO/c1-15-11-7-9(14)2-3-10(11)8(4-5-13)6-12(15)16/h2-3,6-7H,4-5H2,1H3. The van der Waals surface area contributed by atoms with E-state index in [-0.39, 0.29) is 11.4 Å². The molecule has 0 fully saturated rings. The van der Waals surface area contributed by atoms with Gasteiger partial charge >= 0.3 is 0 Å². The molecule has 16 heavy (non-hydrogen) atoms. The van der Waals surface area contributed by atoms with Gasteiger partial charge in [-0.1, -0.05) is 0 Å². The van der Waals surface area contributed by atoms with E-state index in [1.54, 1.807) is 19.2 Å². The van der Waals surface area contributed by atoms with Crippen LogP contribution in [0.5, 0.6) is 0 Å². The average molecular weight is 240 g/mol. The molecule has 0 aliphatic carbocycles. The number of hydrogen-bond donors (Lipinski definition) is 0. The van der Waals surface area contributed by atoms with Crippen LogP contribution < -0.4 is 5.56 Å². The first kappa shape index (κ1) is 11.1. The summed E-state index contributed by atoms with van der Waals surface area (Å²) < 4.78 is 14.6. The molecule has 84 valence electrons. The molecule has 0 atom stereocenters. The van der Waals surface area contributed by atoms with Gasteiger partial charge in [-0.05, 0) is 30.2 Å². The molecular weight excluding hydrogens is 229 g/mol. The molecule has 2 rings (SSSR count). The highest BCUT2D eigenvalue weighted by Crippen LogP contribution is 2.18. The van der Waals surface area contributed by atoms with E-state index in [4.69, 9.17) is 11.6 Å². The van der Waals surface area contributed by atoms with Crippen molar-refractivity contribution in [2.75, 3.05) is 5.88 Å². The lowest BCUT2D eigenvalue weighted by atomic mass is 10.1. The van der Waals surface area contributed by atoms with Crippen LogP contribution in [0.15, 0.2) is 29.1 Å². The van der Waals surface area contributed by atoms with Crippen LogP contribution in [0.3, 0.4) is 0 Å². The monoisotopic (exact) mass is 239 g/mol. The zero-order valence-corrected chi connectivity index (χ0v) is 9.59. The average Bonchev–Trinajstić information content (AvgIpc) is 2.26. The molecule has 4 heteroatoms. The van der Waals surface area contributed by atoms with Crippen LogP contribution in [0, 0.1) is 5.82 Å². The van der Waals surface area contributed by atoms with Crippen molar-refractivity contribution in [2.45, 2.75) is 6.42 Å². The summed E-state index contributed by atoms with van der Waals surface area (Å²) in [7, 11) is 1.63. The number of nitrogens with zero attached hydrogens (tertiary/aromatic N) is 1. The van der Waals surface area contributed by atoms with E-state index in [9.17, 15) is 9.18 Å². The Kier molecular flexibility index (Phi) is 2.97. The van der Waals surface area contributed by atoms with E-state index in [1.807, 2.05) is 0 Å². The summed E-state index contributed by atoms with van der Waals surface area (Å²) in [6.45, 7) is 0. The third kappa shape index (κ3) is 1.83. The lowest BCUT2D eigenvalue weighted by molar-refractivity contribution is 0.628. The largest absolute Gasteiger partial charge is 0.311 e. The maximum atomic E-state index is 13.1. The van der Waals surface area contributed by atoms with Gasteiger partial charge in [-0.2, -0.15) is 0 Å². The first-order valence-electron chi connectivity index (χ1n) is 4.97. The van der Waals surface area contributed by atoms with E-state index >= 15 is 0 Å². The fourth-order valence-electron chi connectivity index (χ4n) is 1.80. The molecule has 0 spiro atoms. The van der Waals surface area contributed by atoms with Gasteiger partial charge in [-0.25, -0.2) is 4.39 Å². The van der Waals surface area contributed by atoms with E-state index in [0.717, 1.165) is 10.9 Å². The normalized spacial score (nSPS) is 10.9. The number of aromatic nitrogens is 1. The lowest BCUT2D eigenvalue weighted by Gasteiger charge is -2.09. The maximum absolute atomic E-state index is 13.1.